The van der Waals surface area contributed by atoms with Crippen LogP contribution in [0.15, 0.2) is 48.5 Å². The third-order valence-electron chi connectivity index (χ3n) is 4.79. The van der Waals surface area contributed by atoms with E-state index in [0.717, 1.165) is 25.8 Å². The summed E-state index contributed by atoms with van der Waals surface area (Å²) in [5.41, 5.74) is 2.53. The molecule has 1 heterocycles. The number of amides is 1. The van der Waals surface area contributed by atoms with Gasteiger partial charge in [0.15, 0.2) is 0 Å². The van der Waals surface area contributed by atoms with Crippen LogP contribution in [0, 0.1) is 17.2 Å². The maximum absolute atomic E-state index is 12.7. The minimum Gasteiger partial charge on any atom is -0.478 e. The van der Waals surface area contributed by atoms with E-state index in [2.05, 4.69) is 6.07 Å². The molecule has 1 atom stereocenters. The minimum atomic E-state index is -0.996. The standard InChI is InChI=1S/C21H20N2O3/c22-13-16-5-3-15(4-6-16)12-17-2-1-11-23(14-17)20(24)18-7-9-19(10-8-18)21(25)26/h3-10,17H,1-2,11-12,14H2,(H,25,26). The van der Waals surface area contributed by atoms with Crippen LogP contribution in [-0.2, 0) is 6.42 Å². The van der Waals surface area contributed by atoms with Crippen LogP contribution >= 0.6 is 0 Å². The van der Waals surface area contributed by atoms with Crippen molar-refractivity contribution in [3.05, 3.63) is 70.8 Å². The van der Waals surface area contributed by atoms with Gasteiger partial charge >= 0.3 is 5.97 Å². The number of rotatable bonds is 4. The lowest BCUT2D eigenvalue weighted by Gasteiger charge is -2.33. The van der Waals surface area contributed by atoms with Gasteiger partial charge in [-0.2, -0.15) is 5.26 Å². The number of nitriles is 1. The van der Waals surface area contributed by atoms with Crippen molar-refractivity contribution in [2.24, 2.45) is 5.92 Å². The third kappa shape index (κ3) is 4.09. The maximum atomic E-state index is 12.7. The molecule has 1 N–H and O–H groups in total. The molecule has 1 aliphatic heterocycles. The number of carboxylic acids is 1. The number of nitrogens with zero attached hydrogens (tertiary/aromatic N) is 2. The molecule has 26 heavy (non-hydrogen) atoms. The fraction of sp³-hybridized carbons (Fsp3) is 0.286. The fourth-order valence-corrected chi connectivity index (χ4v) is 3.40. The highest BCUT2D eigenvalue weighted by molar-refractivity contribution is 5.96. The molecule has 3 rings (SSSR count). The van der Waals surface area contributed by atoms with E-state index in [1.165, 1.54) is 17.7 Å². The number of piperidine rings is 1. The molecule has 1 fully saturated rings. The van der Waals surface area contributed by atoms with Gasteiger partial charge in [-0.3, -0.25) is 4.79 Å². The van der Waals surface area contributed by atoms with Gasteiger partial charge in [-0.05, 0) is 67.1 Å². The zero-order chi connectivity index (χ0) is 18.5. The molecule has 0 aromatic heterocycles. The highest BCUT2D eigenvalue weighted by Gasteiger charge is 2.24. The molecule has 2 aromatic carbocycles. The van der Waals surface area contributed by atoms with Crippen molar-refractivity contribution in [3.8, 4) is 6.07 Å². The molecule has 0 radical (unpaired) electrons. The Bertz CT molecular complexity index is 835. The minimum absolute atomic E-state index is 0.0496. The van der Waals surface area contributed by atoms with Crippen LogP contribution in [0.3, 0.4) is 0 Å². The Labute approximate surface area is 152 Å². The average molecular weight is 348 g/mol. The summed E-state index contributed by atoms with van der Waals surface area (Å²) < 4.78 is 0. The van der Waals surface area contributed by atoms with Gasteiger partial charge < -0.3 is 10.0 Å². The van der Waals surface area contributed by atoms with Crippen LogP contribution in [0.1, 0.15) is 44.7 Å². The summed E-state index contributed by atoms with van der Waals surface area (Å²) in [6.07, 6.45) is 2.91. The molecule has 5 heteroatoms. The van der Waals surface area contributed by atoms with Gasteiger partial charge in [-0.15, -0.1) is 0 Å². The number of aromatic carboxylic acids is 1. The summed E-state index contributed by atoms with van der Waals surface area (Å²) >= 11 is 0. The third-order valence-corrected chi connectivity index (χ3v) is 4.79. The van der Waals surface area contributed by atoms with Crippen molar-refractivity contribution >= 4 is 11.9 Å². The highest BCUT2D eigenvalue weighted by atomic mass is 16.4. The number of hydrogen-bond donors (Lipinski definition) is 1. The van der Waals surface area contributed by atoms with Gasteiger partial charge in [0.25, 0.3) is 5.91 Å². The first-order valence-corrected chi connectivity index (χ1v) is 8.68. The van der Waals surface area contributed by atoms with E-state index in [0.29, 0.717) is 23.6 Å². The number of hydrogen-bond acceptors (Lipinski definition) is 3. The fourth-order valence-electron chi connectivity index (χ4n) is 3.40. The Balaban J connectivity index is 1.64. The second-order valence-corrected chi connectivity index (χ2v) is 6.65. The Morgan fingerprint density at radius 3 is 2.35 bits per heavy atom. The lowest BCUT2D eigenvalue weighted by atomic mass is 9.90. The van der Waals surface area contributed by atoms with E-state index in [9.17, 15) is 9.59 Å². The zero-order valence-electron chi connectivity index (χ0n) is 14.4. The molecule has 1 aliphatic rings. The van der Waals surface area contributed by atoms with Crippen molar-refractivity contribution in [1.82, 2.24) is 4.90 Å². The van der Waals surface area contributed by atoms with Gasteiger partial charge in [0.05, 0.1) is 17.2 Å². The summed E-state index contributed by atoms with van der Waals surface area (Å²) in [5, 5.41) is 17.8. The molecule has 5 nitrogen and oxygen atoms in total. The van der Waals surface area contributed by atoms with Gasteiger partial charge in [-0.1, -0.05) is 12.1 Å². The van der Waals surface area contributed by atoms with Crippen LogP contribution in [0.25, 0.3) is 0 Å². The van der Waals surface area contributed by atoms with E-state index in [4.69, 9.17) is 10.4 Å². The molecule has 0 saturated carbocycles. The summed E-state index contributed by atoms with van der Waals surface area (Å²) in [6.45, 7) is 1.42. The SMILES string of the molecule is N#Cc1ccc(CC2CCCN(C(=O)c3ccc(C(=O)O)cc3)C2)cc1. The first-order chi connectivity index (χ1) is 12.6. The average Bonchev–Trinajstić information content (AvgIpc) is 2.68. The topological polar surface area (TPSA) is 81.4 Å². The Morgan fingerprint density at radius 2 is 1.73 bits per heavy atom. The molecule has 1 unspecified atom stereocenters. The summed E-state index contributed by atoms with van der Waals surface area (Å²) in [6, 6.07) is 15.8. The first kappa shape index (κ1) is 17.7. The largest absolute Gasteiger partial charge is 0.478 e. The zero-order valence-corrected chi connectivity index (χ0v) is 14.4. The highest BCUT2D eigenvalue weighted by Crippen LogP contribution is 2.22. The summed E-state index contributed by atoms with van der Waals surface area (Å²) in [4.78, 5) is 25.5. The quantitative estimate of drug-likeness (QED) is 0.919. The van der Waals surface area contributed by atoms with Crippen molar-refractivity contribution in [3.63, 3.8) is 0 Å². The number of carbonyl (C=O) groups excluding carboxylic acids is 1. The lowest BCUT2D eigenvalue weighted by molar-refractivity contribution is 0.0667. The number of benzene rings is 2. The lowest BCUT2D eigenvalue weighted by Crippen LogP contribution is -2.40. The predicted molar refractivity (Wildman–Crippen MR) is 96.9 cm³/mol. The van der Waals surface area contributed by atoms with E-state index >= 15 is 0 Å². The van der Waals surface area contributed by atoms with Crippen molar-refractivity contribution in [1.29, 1.82) is 5.26 Å². The molecule has 1 saturated heterocycles. The first-order valence-electron chi connectivity index (χ1n) is 8.68. The van der Waals surface area contributed by atoms with Crippen LogP contribution < -0.4 is 0 Å². The molecular formula is C21H20N2O3. The van der Waals surface area contributed by atoms with Crippen LogP contribution in [-0.4, -0.2) is 35.0 Å². The van der Waals surface area contributed by atoms with Crippen LogP contribution in [0.5, 0.6) is 0 Å². The van der Waals surface area contributed by atoms with Crippen molar-refractivity contribution in [2.75, 3.05) is 13.1 Å². The summed E-state index contributed by atoms with van der Waals surface area (Å²) in [5.74, 6) is -0.658. The predicted octanol–water partition coefficient (Wildman–Crippen LogP) is 3.35. The molecule has 0 spiro atoms. The molecule has 132 valence electrons. The second kappa shape index (κ2) is 7.83. The summed E-state index contributed by atoms with van der Waals surface area (Å²) in [7, 11) is 0. The number of carboxylic acid groups (broad SMARTS) is 1. The number of carbonyl (C=O) groups is 2. The van der Waals surface area contributed by atoms with E-state index < -0.39 is 5.97 Å². The molecule has 1 amide bonds. The Kier molecular flexibility index (Phi) is 5.33. The van der Waals surface area contributed by atoms with Crippen LogP contribution in [0.4, 0.5) is 0 Å². The van der Waals surface area contributed by atoms with Gasteiger partial charge in [0, 0.05) is 18.7 Å². The van der Waals surface area contributed by atoms with Gasteiger partial charge in [-0.25, -0.2) is 4.79 Å². The maximum Gasteiger partial charge on any atom is 0.335 e. The van der Waals surface area contributed by atoms with Gasteiger partial charge in [0.2, 0.25) is 0 Å². The molecule has 0 aliphatic carbocycles. The Morgan fingerprint density at radius 1 is 1.08 bits per heavy atom. The molecule has 0 bridgehead atoms. The molecular weight excluding hydrogens is 328 g/mol. The Hall–Kier alpha value is -3.13. The van der Waals surface area contributed by atoms with Crippen molar-refractivity contribution < 1.29 is 14.7 Å². The smallest absolute Gasteiger partial charge is 0.335 e. The van der Waals surface area contributed by atoms with Crippen molar-refractivity contribution in [2.45, 2.75) is 19.3 Å². The van der Waals surface area contributed by atoms with E-state index in [1.807, 2.05) is 29.2 Å². The van der Waals surface area contributed by atoms with E-state index in [1.54, 1.807) is 12.1 Å². The second-order valence-electron chi connectivity index (χ2n) is 6.65. The van der Waals surface area contributed by atoms with Crippen LogP contribution in [0.2, 0.25) is 0 Å². The number of likely N-dealkylation sites (tertiary alicyclic amines) is 1. The monoisotopic (exact) mass is 348 g/mol. The molecule has 2 aromatic rings. The normalized spacial score (nSPS) is 16.7. The van der Waals surface area contributed by atoms with Gasteiger partial charge in [0.1, 0.15) is 0 Å². The van der Waals surface area contributed by atoms with E-state index in [-0.39, 0.29) is 11.5 Å².